The highest BCUT2D eigenvalue weighted by Gasteiger charge is 2.14. The molecule has 0 saturated carbocycles. The highest BCUT2D eigenvalue weighted by Crippen LogP contribution is 2.00. The van der Waals surface area contributed by atoms with Crippen molar-refractivity contribution in [3.05, 3.63) is 30.3 Å². The minimum atomic E-state index is -1.03. The molecule has 0 saturated heterocycles. The van der Waals surface area contributed by atoms with Crippen molar-refractivity contribution < 1.29 is 0 Å². The van der Waals surface area contributed by atoms with Gasteiger partial charge < -0.3 is 0 Å². The van der Waals surface area contributed by atoms with E-state index in [4.69, 9.17) is 0 Å². The fraction of sp³-hybridized carbons (Fsp3) is 0.455. The monoisotopic (exact) mass is 180 g/mol. The molecule has 1 aromatic carbocycles. The van der Waals surface area contributed by atoms with Gasteiger partial charge in [-0.2, -0.15) is 0 Å². The van der Waals surface area contributed by atoms with Crippen molar-refractivity contribution in [3.63, 3.8) is 0 Å². The SMILES string of the molecule is CC.C[Si](C)(C)c1ccccc1. The normalized spacial score (nSPS) is 10.1. The third-order valence-corrected chi connectivity index (χ3v) is 3.71. The van der Waals surface area contributed by atoms with E-state index in [-0.39, 0.29) is 0 Å². The summed E-state index contributed by atoms with van der Waals surface area (Å²) in [5, 5.41) is 1.54. The van der Waals surface area contributed by atoms with Gasteiger partial charge in [0.1, 0.15) is 0 Å². The van der Waals surface area contributed by atoms with Crippen LogP contribution in [-0.2, 0) is 0 Å². The molecule has 0 atom stereocenters. The number of hydrogen-bond donors (Lipinski definition) is 0. The Bertz CT molecular complexity index is 196. The van der Waals surface area contributed by atoms with Crippen LogP contribution < -0.4 is 5.19 Å². The van der Waals surface area contributed by atoms with Crippen LogP contribution in [-0.4, -0.2) is 8.07 Å². The summed E-state index contributed by atoms with van der Waals surface area (Å²) < 4.78 is 0. The number of benzene rings is 1. The molecule has 0 aromatic heterocycles. The van der Waals surface area contributed by atoms with Gasteiger partial charge in [-0.25, -0.2) is 0 Å². The zero-order chi connectivity index (χ0) is 9.61. The lowest BCUT2D eigenvalue weighted by molar-refractivity contribution is 1.50. The maximum absolute atomic E-state index is 2.36. The Balaban J connectivity index is 0.000000561. The van der Waals surface area contributed by atoms with E-state index in [1.807, 2.05) is 13.8 Å². The topological polar surface area (TPSA) is 0 Å². The average Bonchev–Trinajstić information content (AvgIpc) is 2.08. The fourth-order valence-electron chi connectivity index (χ4n) is 0.938. The predicted molar refractivity (Wildman–Crippen MR) is 60.8 cm³/mol. The molecule has 1 aromatic rings. The van der Waals surface area contributed by atoms with E-state index in [1.54, 1.807) is 0 Å². The summed E-state index contributed by atoms with van der Waals surface area (Å²) in [5.74, 6) is 0. The van der Waals surface area contributed by atoms with Gasteiger partial charge in [0.15, 0.2) is 0 Å². The number of hydrogen-bond acceptors (Lipinski definition) is 0. The summed E-state index contributed by atoms with van der Waals surface area (Å²) in [7, 11) is -1.03. The van der Waals surface area contributed by atoms with Crippen molar-refractivity contribution >= 4 is 13.3 Å². The molecule has 0 spiro atoms. The quantitative estimate of drug-likeness (QED) is 0.582. The first-order valence-corrected chi connectivity index (χ1v) is 8.16. The van der Waals surface area contributed by atoms with E-state index in [0.29, 0.717) is 0 Å². The standard InChI is InChI=1S/C9H14Si.C2H6/c1-10(2,3)9-7-5-4-6-8-9;1-2/h4-8H,1-3H3;1-2H3. The third kappa shape index (κ3) is 3.72. The Kier molecular flexibility index (Phi) is 4.91. The Labute approximate surface area is 77.6 Å². The lowest BCUT2D eigenvalue weighted by Gasteiger charge is -2.15. The molecule has 1 heteroatoms. The molecule has 0 amide bonds. The predicted octanol–water partition coefficient (Wildman–Crippen LogP) is 3.26. The van der Waals surface area contributed by atoms with Crippen molar-refractivity contribution in [2.45, 2.75) is 33.5 Å². The van der Waals surface area contributed by atoms with Crippen LogP contribution in [0.4, 0.5) is 0 Å². The first kappa shape index (κ1) is 11.4. The smallest absolute Gasteiger partial charge is 0.0683 e. The summed E-state index contributed by atoms with van der Waals surface area (Å²) in [4.78, 5) is 0. The van der Waals surface area contributed by atoms with Crippen LogP contribution in [0.25, 0.3) is 0 Å². The molecule has 12 heavy (non-hydrogen) atoms. The van der Waals surface area contributed by atoms with Gasteiger partial charge in [0.2, 0.25) is 0 Å². The van der Waals surface area contributed by atoms with Gasteiger partial charge in [0.25, 0.3) is 0 Å². The molecule has 0 radical (unpaired) electrons. The molecular formula is C11H20Si. The number of rotatable bonds is 1. The molecule has 0 aliphatic heterocycles. The van der Waals surface area contributed by atoms with Crippen LogP contribution in [0.2, 0.25) is 19.6 Å². The van der Waals surface area contributed by atoms with Crippen LogP contribution in [0.3, 0.4) is 0 Å². The summed E-state index contributed by atoms with van der Waals surface area (Å²) in [6.45, 7) is 11.1. The van der Waals surface area contributed by atoms with Gasteiger partial charge in [-0.05, 0) is 0 Å². The first-order valence-electron chi connectivity index (χ1n) is 4.66. The van der Waals surface area contributed by atoms with E-state index < -0.39 is 8.07 Å². The van der Waals surface area contributed by atoms with Gasteiger partial charge in [-0.15, -0.1) is 0 Å². The van der Waals surface area contributed by atoms with Crippen LogP contribution in [0.1, 0.15) is 13.8 Å². The van der Waals surface area contributed by atoms with Crippen molar-refractivity contribution in [3.8, 4) is 0 Å². The Morgan fingerprint density at radius 2 is 1.25 bits per heavy atom. The fourth-order valence-corrected chi connectivity index (χ4v) is 2.13. The Morgan fingerprint density at radius 3 is 1.50 bits per heavy atom. The van der Waals surface area contributed by atoms with E-state index in [2.05, 4.69) is 50.0 Å². The lowest BCUT2D eigenvalue weighted by atomic mass is 10.4. The highest BCUT2D eigenvalue weighted by molar-refractivity contribution is 6.88. The molecule has 1 rings (SSSR count). The summed E-state index contributed by atoms with van der Waals surface area (Å²) in [6.07, 6.45) is 0. The zero-order valence-corrected chi connectivity index (χ0v) is 9.89. The second-order valence-corrected chi connectivity index (χ2v) is 8.69. The van der Waals surface area contributed by atoms with Gasteiger partial charge in [0.05, 0.1) is 8.07 Å². The van der Waals surface area contributed by atoms with Crippen LogP contribution in [0.5, 0.6) is 0 Å². The second-order valence-electron chi connectivity index (χ2n) is 3.62. The third-order valence-electron chi connectivity index (χ3n) is 1.64. The minimum absolute atomic E-state index is 1.03. The lowest BCUT2D eigenvalue weighted by Crippen LogP contribution is -2.37. The van der Waals surface area contributed by atoms with Crippen molar-refractivity contribution in [1.29, 1.82) is 0 Å². The van der Waals surface area contributed by atoms with E-state index >= 15 is 0 Å². The summed E-state index contributed by atoms with van der Waals surface area (Å²) >= 11 is 0. The molecular weight excluding hydrogens is 160 g/mol. The van der Waals surface area contributed by atoms with Gasteiger partial charge in [-0.1, -0.05) is 69.0 Å². The van der Waals surface area contributed by atoms with E-state index in [1.165, 1.54) is 5.19 Å². The van der Waals surface area contributed by atoms with E-state index in [9.17, 15) is 0 Å². The van der Waals surface area contributed by atoms with Crippen LogP contribution in [0.15, 0.2) is 30.3 Å². The van der Waals surface area contributed by atoms with Gasteiger partial charge in [-0.3, -0.25) is 0 Å². The molecule has 0 N–H and O–H groups in total. The van der Waals surface area contributed by atoms with Crippen molar-refractivity contribution in [1.82, 2.24) is 0 Å². The second kappa shape index (κ2) is 5.15. The average molecular weight is 180 g/mol. The molecule has 0 bridgehead atoms. The molecule has 0 nitrogen and oxygen atoms in total. The maximum atomic E-state index is 2.36. The molecule has 0 unspecified atom stereocenters. The Morgan fingerprint density at radius 1 is 0.833 bits per heavy atom. The largest absolute Gasteiger partial charge is 0.0775 e. The van der Waals surface area contributed by atoms with Gasteiger partial charge in [0, 0.05) is 0 Å². The molecule has 0 fully saturated rings. The van der Waals surface area contributed by atoms with E-state index in [0.717, 1.165) is 0 Å². The van der Waals surface area contributed by atoms with Gasteiger partial charge >= 0.3 is 0 Å². The maximum Gasteiger partial charge on any atom is 0.0775 e. The molecule has 0 aliphatic carbocycles. The highest BCUT2D eigenvalue weighted by atomic mass is 28.3. The molecule has 0 heterocycles. The summed E-state index contributed by atoms with van der Waals surface area (Å²) in [5.41, 5.74) is 0. The first-order chi connectivity index (χ1) is 5.61. The Hall–Kier alpha value is -0.563. The van der Waals surface area contributed by atoms with Crippen LogP contribution >= 0.6 is 0 Å². The molecule has 68 valence electrons. The van der Waals surface area contributed by atoms with Crippen molar-refractivity contribution in [2.75, 3.05) is 0 Å². The van der Waals surface area contributed by atoms with Crippen molar-refractivity contribution in [2.24, 2.45) is 0 Å². The zero-order valence-electron chi connectivity index (χ0n) is 8.89. The van der Waals surface area contributed by atoms with Crippen LogP contribution in [0, 0.1) is 0 Å². The minimum Gasteiger partial charge on any atom is -0.0683 e. The summed E-state index contributed by atoms with van der Waals surface area (Å²) in [6, 6.07) is 10.8. The molecule has 0 aliphatic rings.